The van der Waals surface area contributed by atoms with Crippen molar-refractivity contribution >= 4 is 30.8 Å². The predicted molar refractivity (Wildman–Crippen MR) is 66.8 cm³/mol. The number of rotatable bonds is 2. The second-order valence-corrected chi connectivity index (χ2v) is 3.48. The van der Waals surface area contributed by atoms with E-state index in [1.165, 1.54) is 6.33 Å². The molecule has 80 valence electrons. The van der Waals surface area contributed by atoms with Gasteiger partial charge in [-0.3, -0.25) is 9.98 Å². The van der Waals surface area contributed by atoms with Crippen LogP contribution in [-0.2, 0) is 0 Å². The summed E-state index contributed by atoms with van der Waals surface area (Å²) in [5, 5.41) is 1.66. The zero-order valence-corrected chi connectivity index (χ0v) is 9.36. The van der Waals surface area contributed by atoms with Crippen LogP contribution in [0, 0.1) is 0 Å². The van der Waals surface area contributed by atoms with Gasteiger partial charge in [-0.05, 0) is 19.2 Å². The van der Waals surface area contributed by atoms with Gasteiger partial charge in [0.25, 0.3) is 0 Å². The van der Waals surface area contributed by atoms with Gasteiger partial charge in [0.15, 0.2) is 0 Å². The summed E-state index contributed by atoms with van der Waals surface area (Å²) < 4.78 is 0. The molecule has 0 bridgehead atoms. The molecule has 0 N–H and O–H groups in total. The van der Waals surface area contributed by atoms with Crippen LogP contribution in [0.1, 0.15) is 12.6 Å². The molecule has 0 radical (unpaired) electrons. The minimum Gasteiger partial charge on any atom is -0.296 e. The first kappa shape index (κ1) is 10.4. The number of aliphatic imine (C=N–C) groups is 2. The van der Waals surface area contributed by atoms with Crippen molar-refractivity contribution in [1.29, 1.82) is 0 Å². The third-order valence-corrected chi connectivity index (χ3v) is 2.60. The SMILES string of the molecule is C=NC1=C(C=NC)C(C)=c2c1ncnc2=C. The Bertz CT molecular complexity index is 623. The van der Waals surface area contributed by atoms with Gasteiger partial charge in [0, 0.05) is 24.1 Å². The fraction of sp³-hybridized carbons (Fsp3) is 0.167. The molecule has 4 nitrogen and oxygen atoms in total. The van der Waals surface area contributed by atoms with Crippen LogP contribution in [0.25, 0.3) is 17.8 Å². The Hall–Kier alpha value is -2.10. The Morgan fingerprint density at radius 2 is 2.12 bits per heavy atom. The van der Waals surface area contributed by atoms with Crippen molar-refractivity contribution < 1.29 is 0 Å². The highest BCUT2D eigenvalue weighted by Gasteiger charge is 2.20. The molecule has 0 fully saturated rings. The molecular formula is C12H12N4. The van der Waals surface area contributed by atoms with Gasteiger partial charge < -0.3 is 0 Å². The van der Waals surface area contributed by atoms with Crippen molar-refractivity contribution in [2.75, 3.05) is 7.05 Å². The Kier molecular flexibility index (Phi) is 2.48. The van der Waals surface area contributed by atoms with E-state index in [1.807, 2.05) is 6.92 Å². The third-order valence-electron chi connectivity index (χ3n) is 2.60. The maximum Gasteiger partial charge on any atom is 0.116 e. The first-order valence-corrected chi connectivity index (χ1v) is 4.85. The molecule has 0 amide bonds. The fourth-order valence-electron chi connectivity index (χ4n) is 1.88. The summed E-state index contributed by atoms with van der Waals surface area (Å²) in [4.78, 5) is 16.4. The van der Waals surface area contributed by atoms with E-state index < -0.39 is 0 Å². The Labute approximate surface area is 93.5 Å². The van der Waals surface area contributed by atoms with Crippen molar-refractivity contribution in [3.05, 3.63) is 28.2 Å². The van der Waals surface area contributed by atoms with Crippen molar-refractivity contribution in [3.63, 3.8) is 0 Å². The summed E-state index contributed by atoms with van der Waals surface area (Å²) in [5.41, 5.74) is 3.54. The van der Waals surface area contributed by atoms with Gasteiger partial charge >= 0.3 is 0 Å². The van der Waals surface area contributed by atoms with Crippen LogP contribution in [0.5, 0.6) is 0 Å². The van der Waals surface area contributed by atoms with Crippen molar-refractivity contribution in [1.82, 2.24) is 9.97 Å². The summed E-state index contributed by atoms with van der Waals surface area (Å²) in [5.74, 6) is 0. The summed E-state index contributed by atoms with van der Waals surface area (Å²) in [6.07, 6.45) is 3.26. The first-order chi connectivity index (χ1) is 7.70. The zero-order valence-electron chi connectivity index (χ0n) is 9.36. The van der Waals surface area contributed by atoms with E-state index in [1.54, 1.807) is 13.3 Å². The molecule has 1 aliphatic carbocycles. The maximum absolute atomic E-state index is 4.23. The molecule has 0 atom stereocenters. The standard InChI is InChI=1S/C12H12N4/c1-7-9(5-13-3)11(14-4)12-10(7)8(2)15-6-16-12/h5-6H,2,4H2,1,3H3. The number of fused-ring (bicyclic) bond motifs is 1. The van der Waals surface area contributed by atoms with Crippen LogP contribution in [-0.4, -0.2) is 29.9 Å². The number of allylic oxidation sites excluding steroid dienone is 1. The molecule has 0 aromatic carbocycles. The summed E-state index contributed by atoms with van der Waals surface area (Å²) in [7, 11) is 1.72. The van der Waals surface area contributed by atoms with Crippen molar-refractivity contribution in [2.45, 2.75) is 6.92 Å². The first-order valence-electron chi connectivity index (χ1n) is 4.85. The average molecular weight is 212 g/mol. The second kappa shape index (κ2) is 3.81. The second-order valence-electron chi connectivity index (χ2n) is 3.48. The summed E-state index contributed by atoms with van der Waals surface area (Å²) in [6.45, 7) is 9.47. The highest BCUT2D eigenvalue weighted by Crippen LogP contribution is 2.24. The van der Waals surface area contributed by atoms with E-state index in [-0.39, 0.29) is 0 Å². The molecule has 0 spiro atoms. The normalized spacial score (nSPS) is 14.8. The maximum atomic E-state index is 4.23. The Morgan fingerprint density at radius 1 is 1.38 bits per heavy atom. The van der Waals surface area contributed by atoms with Gasteiger partial charge in [-0.2, -0.15) is 0 Å². The lowest BCUT2D eigenvalue weighted by molar-refractivity contribution is 1.08. The summed E-state index contributed by atoms with van der Waals surface area (Å²) in [6, 6.07) is 0. The number of hydrogen-bond acceptors (Lipinski definition) is 4. The fourth-order valence-corrected chi connectivity index (χ4v) is 1.88. The summed E-state index contributed by atoms with van der Waals surface area (Å²) >= 11 is 0. The number of aromatic nitrogens is 2. The van der Waals surface area contributed by atoms with Gasteiger partial charge in [0.2, 0.25) is 0 Å². The lowest BCUT2D eigenvalue weighted by Crippen LogP contribution is -2.30. The van der Waals surface area contributed by atoms with Gasteiger partial charge in [-0.15, -0.1) is 0 Å². The minimum absolute atomic E-state index is 0.711. The predicted octanol–water partition coefficient (Wildman–Crippen LogP) is 0.183. The lowest BCUT2D eigenvalue weighted by atomic mass is 10.1. The van der Waals surface area contributed by atoms with Gasteiger partial charge in [-0.25, -0.2) is 9.97 Å². The van der Waals surface area contributed by atoms with E-state index in [0.29, 0.717) is 5.35 Å². The van der Waals surface area contributed by atoms with Crippen molar-refractivity contribution in [2.24, 2.45) is 9.98 Å². The molecule has 0 saturated carbocycles. The Morgan fingerprint density at radius 3 is 2.75 bits per heavy atom. The molecule has 1 aromatic rings. The average Bonchev–Trinajstić information content (AvgIpc) is 2.54. The number of hydrogen-bond donors (Lipinski definition) is 0. The van der Waals surface area contributed by atoms with Gasteiger partial charge in [-0.1, -0.05) is 6.58 Å². The topological polar surface area (TPSA) is 50.5 Å². The van der Waals surface area contributed by atoms with Crippen LogP contribution in [0.2, 0.25) is 0 Å². The van der Waals surface area contributed by atoms with Crippen LogP contribution < -0.4 is 10.6 Å². The van der Waals surface area contributed by atoms with E-state index in [2.05, 4.69) is 33.2 Å². The van der Waals surface area contributed by atoms with E-state index >= 15 is 0 Å². The molecule has 1 aromatic heterocycles. The van der Waals surface area contributed by atoms with E-state index in [0.717, 1.165) is 27.8 Å². The van der Waals surface area contributed by atoms with Gasteiger partial charge in [0.05, 0.1) is 11.0 Å². The van der Waals surface area contributed by atoms with Crippen LogP contribution in [0.4, 0.5) is 0 Å². The molecule has 0 aliphatic heterocycles. The molecule has 16 heavy (non-hydrogen) atoms. The molecule has 1 aliphatic rings. The van der Waals surface area contributed by atoms with Crippen LogP contribution in [0.3, 0.4) is 0 Å². The molecule has 0 unspecified atom stereocenters. The quantitative estimate of drug-likeness (QED) is 0.657. The van der Waals surface area contributed by atoms with E-state index in [4.69, 9.17) is 0 Å². The van der Waals surface area contributed by atoms with Crippen LogP contribution >= 0.6 is 0 Å². The molecule has 4 heteroatoms. The lowest BCUT2D eigenvalue weighted by Gasteiger charge is -1.97. The van der Waals surface area contributed by atoms with E-state index in [9.17, 15) is 0 Å². The largest absolute Gasteiger partial charge is 0.296 e. The van der Waals surface area contributed by atoms with Crippen molar-refractivity contribution in [3.8, 4) is 0 Å². The monoisotopic (exact) mass is 212 g/mol. The van der Waals surface area contributed by atoms with Gasteiger partial charge in [0.1, 0.15) is 12.0 Å². The molecule has 2 rings (SSSR count). The molecule has 1 heterocycles. The number of nitrogens with zero attached hydrogens (tertiary/aromatic N) is 4. The smallest absolute Gasteiger partial charge is 0.116 e. The third kappa shape index (κ3) is 1.31. The minimum atomic E-state index is 0.711. The zero-order chi connectivity index (χ0) is 11.7. The highest BCUT2D eigenvalue weighted by molar-refractivity contribution is 6.07. The Balaban J connectivity index is 2.89. The van der Waals surface area contributed by atoms with Crippen LogP contribution in [0.15, 0.2) is 21.9 Å². The highest BCUT2D eigenvalue weighted by atomic mass is 14.9. The molecular weight excluding hydrogens is 200 g/mol. The molecule has 0 saturated heterocycles.